The molecule has 0 saturated carbocycles. The molecule has 3 rings (SSSR count). The fourth-order valence-electron chi connectivity index (χ4n) is 4.00. The molecule has 0 aliphatic carbocycles. The summed E-state index contributed by atoms with van der Waals surface area (Å²) in [4.78, 5) is 25.1. The second-order valence-electron chi connectivity index (χ2n) is 7.15. The fourth-order valence-corrected chi connectivity index (χ4v) is 4.00. The van der Waals surface area contributed by atoms with E-state index in [1.807, 2.05) is 30.1 Å². The maximum Gasteiger partial charge on any atom is 0.309 e. The predicted molar refractivity (Wildman–Crippen MR) is 107 cm³/mol. The van der Waals surface area contributed by atoms with Crippen LogP contribution in [0.25, 0.3) is 0 Å². The van der Waals surface area contributed by atoms with E-state index in [1.165, 1.54) is 0 Å². The molecule has 2 saturated heterocycles. The van der Waals surface area contributed by atoms with E-state index in [1.54, 1.807) is 0 Å². The van der Waals surface area contributed by atoms with E-state index in [4.69, 9.17) is 4.74 Å². The second-order valence-corrected chi connectivity index (χ2v) is 7.15. The quantitative estimate of drug-likeness (QED) is 0.746. The molecule has 2 N–H and O–H groups in total. The Morgan fingerprint density at radius 1 is 1.19 bits per heavy atom. The normalized spacial score (nSPS) is 20.3. The lowest BCUT2D eigenvalue weighted by molar-refractivity contribution is -0.150. The molecule has 7 heteroatoms. The molecule has 2 aliphatic heterocycles. The van der Waals surface area contributed by atoms with Crippen molar-refractivity contribution in [1.82, 2.24) is 15.8 Å². The lowest BCUT2D eigenvalue weighted by Crippen LogP contribution is -2.56. The number of hydrogen-bond donors (Lipinski definition) is 2. The zero-order valence-corrected chi connectivity index (χ0v) is 16.7. The van der Waals surface area contributed by atoms with Crippen molar-refractivity contribution in [3.05, 3.63) is 35.9 Å². The molecule has 150 valence electrons. The molecule has 0 atom stereocenters. The van der Waals surface area contributed by atoms with E-state index in [2.05, 4.69) is 22.9 Å². The Labute approximate surface area is 167 Å². The van der Waals surface area contributed by atoms with Gasteiger partial charge in [-0.2, -0.15) is 0 Å². The van der Waals surface area contributed by atoms with E-state index >= 15 is 0 Å². The number of amides is 1. The Kier molecular flexibility index (Phi) is 8.07. The van der Waals surface area contributed by atoms with Gasteiger partial charge in [-0.25, -0.2) is 5.01 Å². The van der Waals surface area contributed by atoms with Gasteiger partial charge < -0.3 is 10.1 Å². The SMILES string of the molecule is CCOC(=O)C1CCN(NC(=O)C2(c3ccccc3)CCNCC2)CC1.Cl. The largest absolute Gasteiger partial charge is 0.466 e. The molecule has 1 aromatic carbocycles. The minimum atomic E-state index is -0.482. The van der Waals surface area contributed by atoms with Crippen molar-refractivity contribution >= 4 is 24.3 Å². The van der Waals surface area contributed by atoms with E-state index in [9.17, 15) is 9.59 Å². The molecule has 2 fully saturated rings. The first-order chi connectivity index (χ1) is 12.7. The van der Waals surface area contributed by atoms with Crippen LogP contribution in [-0.4, -0.2) is 49.7 Å². The first-order valence-electron chi connectivity index (χ1n) is 9.64. The Morgan fingerprint density at radius 2 is 1.81 bits per heavy atom. The first-order valence-corrected chi connectivity index (χ1v) is 9.64. The summed E-state index contributed by atoms with van der Waals surface area (Å²) < 4.78 is 5.11. The van der Waals surface area contributed by atoms with Gasteiger partial charge in [-0.15, -0.1) is 12.4 Å². The van der Waals surface area contributed by atoms with Crippen molar-refractivity contribution < 1.29 is 14.3 Å². The van der Waals surface area contributed by atoms with Crippen LogP contribution >= 0.6 is 12.4 Å². The predicted octanol–water partition coefficient (Wildman–Crippen LogP) is 2.04. The molecule has 1 aromatic rings. The smallest absolute Gasteiger partial charge is 0.309 e. The zero-order chi connectivity index (χ0) is 18.4. The van der Waals surface area contributed by atoms with Gasteiger partial charge in [0.15, 0.2) is 0 Å². The van der Waals surface area contributed by atoms with Crippen molar-refractivity contribution in [1.29, 1.82) is 0 Å². The van der Waals surface area contributed by atoms with Gasteiger partial charge in [0.05, 0.1) is 17.9 Å². The number of ether oxygens (including phenoxy) is 1. The molecule has 0 spiro atoms. The van der Waals surface area contributed by atoms with Gasteiger partial charge in [0, 0.05) is 13.1 Å². The zero-order valence-electron chi connectivity index (χ0n) is 15.9. The molecule has 2 heterocycles. The summed E-state index contributed by atoms with van der Waals surface area (Å²) in [5.74, 6) is -0.0950. The average molecular weight is 396 g/mol. The monoisotopic (exact) mass is 395 g/mol. The van der Waals surface area contributed by atoms with Crippen LogP contribution < -0.4 is 10.7 Å². The van der Waals surface area contributed by atoms with Gasteiger partial charge in [0.25, 0.3) is 0 Å². The highest BCUT2D eigenvalue weighted by atomic mass is 35.5. The molecule has 0 aromatic heterocycles. The van der Waals surface area contributed by atoms with Crippen LogP contribution in [0.5, 0.6) is 0 Å². The van der Waals surface area contributed by atoms with Crippen LogP contribution in [0.1, 0.15) is 38.2 Å². The van der Waals surface area contributed by atoms with E-state index in [-0.39, 0.29) is 30.2 Å². The van der Waals surface area contributed by atoms with Crippen LogP contribution in [0.2, 0.25) is 0 Å². The van der Waals surface area contributed by atoms with Crippen LogP contribution in [-0.2, 0) is 19.7 Å². The number of piperidine rings is 2. The molecule has 0 unspecified atom stereocenters. The molecule has 0 radical (unpaired) electrons. The van der Waals surface area contributed by atoms with Crippen molar-refractivity contribution in [3.8, 4) is 0 Å². The molecular formula is C20H30ClN3O3. The molecule has 1 amide bonds. The van der Waals surface area contributed by atoms with Gasteiger partial charge in [0.1, 0.15) is 0 Å². The molecular weight excluding hydrogens is 366 g/mol. The number of nitrogens with zero attached hydrogens (tertiary/aromatic N) is 1. The topological polar surface area (TPSA) is 70.7 Å². The average Bonchev–Trinajstić information content (AvgIpc) is 2.70. The molecule has 2 aliphatic rings. The second kappa shape index (κ2) is 10.1. The number of hydrazine groups is 1. The third-order valence-corrected chi connectivity index (χ3v) is 5.59. The minimum Gasteiger partial charge on any atom is -0.466 e. The number of nitrogens with one attached hydrogen (secondary N) is 2. The van der Waals surface area contributed by atoms with Crippen LogP contribution in [0, 0.1) is 5.92 Å². The van der Waals surface area contributed by atoms with Crippen LogP contribution in [0.15, 0.2) is 30.3 Å². The number of esters is 1. The molecule has 6 nitrogen and oxygen atoms in total. The highest BCUT2D eigenvalue weighted by Gasteiger charge is 2.42. The number of carbonyl (C=O) groups excluding carboxylic acids is 2. The number of rotatable bonds is 5. The highest BCUT2D eigenvalue weighted by Crippen LogP contribution is 2.34. The van der Waals surface area contributed by atoms with E-state index < -0.39 is 5.41 Å². The summed E-state index contributed by atoms with van der Waals surface area (Å²) in [6.45, 7) is 5.29. The van der Waals surface area contributed by atoms with E-state index in [0.717, 1.165) is 44.3 Å². The lowest BCUT2D eigenvalue weighted by Gasteiger charge is -2.39. The maximum absolute atomic E-state index is 13.2. The maximum atomic E-state index is 13.2. The summed E-state index contributed by atoms with van der Waals surface area (Å²) in [6, 6.07) is 10.1. The summed E-state index contributed by atoms with van der Waals surface area (Å²) in [6.07, 6.45) is 3.03. The van der Waals surface area contributed by atoms with Gasteiger partial charge in [-0.3, -0.25) is 15.0 Å². The standard InChI is InChI=1S/C20H29N3O3.ClH/c1-2-26-18(24)16-8-14-23(15-9-16)22-19(25)20(10-12-21-13-11-20)17-6-4-3-5-7-17;/h3-7,16,21H,2,8-15H2,1H3,(H,22,25);1H. The fraction of sp³-hybridized carbons (Fsp3) is 0.600. The number of hydrogen-bond acceptors (Lipinski definition) is 5. The number of halogens is 1. The summed E-state index contributed by atoms with van der Waals surface area (Å²) in [5.41, 5.74) is 3.74. The summed E-state index contributed by atoms with van der Waals surface area (Å²) in [7, 11) is 0. The Morgan fingerprint density at radius 3 is 2.41 bits per heavy atom. The van der Waals surface area contributed by atoms with Crippen molar-refractivity contribution in [2.45, 2.75) is 38.0 Å². The van der Waals surface area contributed by atoms with Crippen LogP contribution in [0.3, 0.4) is 0 Å². The van der Waals surface area contributed by atoms with Crippen LogP contribution in [0.4, 0.5) is 0 Å². The summed E-state index contributed by atoms with van der Waals surface area (Å²) >= 11 is 0. The number of carbonyl (C=O) groups is 2. The van der Waals surface area contributed by atoms with E-state index in [0.29, 0.717) is 19.7 Å². The van der Waals surface area contributed by atoms with Crippen molar-refractivity contribution in [2.75, 3.05) is 32.8 Å². The first kappa shape index (κ1) is 21.7. The van der Waals surface area contributed by atoms with Gasteiger partial charge >= 0.3 is 5.97 Å². The number of benzene rings is 1. The Hall–Kier alpha value is -1.63. The van der Waals surface area contributed by atoms with Gasteiger partial charge in [-0.05, 0) is 51.3 Å². The Bertz CT molecular complexity index is 612. The Balaban J connectivity index is 0.00000261. The lowest BCUT2D eigenvalue weighted by atomic mass is 9.72. The van der Waals surface area contributed by atoms with Crippen molar-refractivity contribution in [3.63, 3.8) is 0 Å². The molecule has 0 bridgehead atoms. The highest BCUT2D eigenvalue weighted by molar-refractivity contribution is 5.88. The van der Waals surface area contributed by atoms with Crippen molar-refractivity contribution in [2.24, 2.45) is 5.92 Å². The third kappa shape index (κ3) is 5.00. The van der Waals surface area contributed by atoms with Gasteiger partial charge in [-0.1, -0.05) is 30.3 Å². The minimum absolute atomic E-state index is 0. The third-order valence-electron chi connectivity index (χ3n) is 5.59. The summed E-state index contributed by atoms with van der Waals surface area (Å²) in [5, 5.41) is 5.32. The van der Waals surface area contributed by atoms with Gasteiger partial charge in [0.2, 0.25) is 5.91 Å². The molecule has 27 heavy (non-hydrogen) atoms.